The third-order valence-corrected chi connectivity index (χ3v) is 4.78. The average molecular weight is 373 g/mol. The number of aromatic nitrogens is 2. The van der Waals surface area contributed by atoms with Gasteiger partial charge in [0.2, 0.25) is 5.91 Å². The summed E-state index contributed by atoms with van der Waals surface area (Å²) in [4.78, 5) is 25.7. The van der Waals surface area contributed by atoms with Crippen LogP contribution in [0.15, 0.2) is 24.3 Å². The molecule has 1 aliphatic heterocycles. The number of likely N-dealkylation sites (N-methyl/N-ethyl adjacent to an activating group) is 1. The Bertz CT molecular complexity index is 847. The van der Waals surface area contributed by atoms with E-state index in [1.807, 2.05) is 6.92 Å². The minimum atomic E-state index is -0.350. The summed E-state index contributed by atoms with van der Waals surface area (Å²) < 4.78 is 14.9. The number of carbonyl (C=O) groups excluding carboxylic acids is 2. The van der Waals surface area contributed by atoms with Crippen LogP contribution in [-0.2, 0) is 18.3 Å². The first-order chi connectivity index (χ1) is 12.9. The van der Waals surface area contributed by atoms with Crippen molar-refractivity contribution in [2.75, 3.05) is 18.9 Å². The third kappa shape index (κ3) is 4.10. The first kappa shape index (κ1) is 18.9. The molecule has 1 aromatic carbocycles. The molecule has 0 spiro atoms. The van der Waals surface area contributed by atoms with E-state index in [0.717, 1.165) is 16.8 Å². The lowest BCUT2D eigenvalue weighted by atomic mass is 10.0. The number of aryl methyl sites for hydroxylation is 2. The van der Waals surface area contributed by atoms with Crippen molar-refractivity contribution in [3.05, 3.63) is 35.8 Å². The number of carbonyl (C=O) groups is 2. The summed E-state index contributed by atoms with van der Waals surface area (Å²) in [5.41, 5.74) is 2.40. The number of halogens is 1. The van der Waals surface area contributed by atoms with Crippen molar-refractivity contribution in [2.24, 2.45) is 7.05 Å². The van der Waals surface area contributed by atoms with E-state index >= 15 is 0 Å². The van der Waals surface area contributed by atoms with Crippen LogP contribution in [0.5, 0.6) is 0 Å². The monoisotopic (exact) mass is 373 g/mol. The third-order valence-electron chi connectivity index (χ3n) is 4.78. The summed E-state index contributed by atoms with van der Waals surface area (Å²) in [5, 5.41) is 10.3. The Hall–Kier alpha value is -2.90. The largest absolute Gasteiger partial charge is 0.344 e. The van der Waals surface area contributed by atoms with Crippen LogP contribution in [-0.4, -0.2) is 46.3 Å². The Morgan fingerprint density at radius 2 is 2.00 bits per heavy atom. The van der Waals surface area contributed by atoms with E-state index in [-0.39, 0.29) is 23.8 Å². The lowest BCUT2D eigenvalue weighted by Crippen LogP contribution is -2.49. The normalized spacial score (nSPS) is 17.1. The molecule has 0 radical (unpaired) electrons. The number of nitrogens with zero attached hydrogens (tertiary/aromatic N) is 3. The Balaban J connectivity index is 1.80. The maximum atomic E-state index is 13.3. The molecule has 27 heavy (non-hydrogen) atoms. The van der Waals surface area contributed by atoms with Crippen LogP contribution in [0, 0.1) is 5.82 Å². The minimum absolute atomic E-state index is 0.0891. The lowest BCUT2D eigenvalue weighted by Gasteiger charge is -2.30. The van der Waals surface area contributed by atoms with Crippen LogP contribution in [0.3, 0.4) is 0 Å². The Morgan fingerprint density at radius 3 is 2.63 bits per heavy atom. The van der Waals surface area contributed by atoms with Crippen molar-refractivity contribution in [1.29, 1.82) is 0 Å². The molecule has 144 valence electrons. The number of nitrogens with one attached hydrogen (secondary N) is 2. The van der Waals surface area contributed by atoms with Gasteiger partial charge in [0.15, 0.2) is 0 Å². The van der Waals surface area contributed by atoms with Gasteiger partial charge in [-0.1, -0.05) is 19.1 Å². The summed E-state index contributed by atoms with van der Waals surface area (Å²) in [6.07, 6.45) is 1.72. The van der Waals surface area contributed by atoms with Gasteiger partial charge in [0.05, 0.1) is 5.69 Å². The number of likely N-dealkylation sites (tertiary alicyclic amines) is 1. The number of hydrogen-bond donors (Lipinski definition) is 2. The van der Waals surface area contributed by atoms with Crippen LogP contribution >= 0.6 is 0 Å². The van der Waals surface area contributed by atoms with E-state index in [0.29, 0.717) is 31.6 Å². The van der Waals surface area contributed by atoms with Crippen LogP contribution in [0.25, 0.3) is 11.1 Å². The van der Waals surface area contributed by atoms with Gasteiger partial charge >= 0.3 is 6.03 Å². The summed E-state index contributed by atoms with van der Waals surface area (Å²) in [6.45, 7) is 2.47. The van der Waals surface area contributed by atoms with Gasteiger partial charge in [-0.2, -0.15) is 5.10 Å². The van der Waals surface area contributed by atoms with Gasteiger partial charge in [-0.05, 0) is 30.5 Å². The second kappa shape index (κ2) is 7.77. The van der Waals surface area contributed by atoms with Crippen LogP contribution in [0.1, 0.15) is 25.5 Å². The van der Waals surface area contributed by atoms with Gasteiger partial charge in [-0.15, -0.1) is 0 Å². The van der Waals surface area contributed by atoms with Gasteiger partial charge in [-0.3, -0.25) is 14.8 Å². The van der Waals surface area contributed by atoms with E-state index in [2.05, 4.69) is 15.7 Å². The second-order valence-corrected chi connectivity index (χ2v) is 6.76. The maximum absolute atomic E-state index is 13.3. The highest BCUT2D eigenvalue weighted by Crippen LogP contribution is 2.32. The van der Waals surface area contributed by atoms with Gasteiger partial charge in [-0.25, -0.2) is 9.18 Å². The molecule has 7 nitrogen and oxygen atoms in total. The number of anilines is 1. The zero-order chi connectivity index (χ0) is 19.6. The highest BCUT2D eigenvalue weighted by molar-refractivity contribution is 5.94. The van der Waals surface area contributed by atoms with E-state index < -0.39 is 0 Å². The lowest BCUT2D eigenvalue weighted by molar-refractivity contribution is -0.132. The quantitative estimate of drug-likeness (QED) is 0.864. The fourth-order valence-corrected chi connectivity index (χ4v) is 3.35. The van der Waals surface area contributed by atoms with Crippen molar-refractivity contribution in [2.45, 2.75) is 32.2 Å². The summed E-state index contributed by atoms with van der Waals surface area (Å²) in [7, 11) is 3.49. The molecule has 0 unspecified atom stereocenters. The summed E-state index contributed by atoms with van der Waals surface area (Å²) in [6, 6.07) is 5.69. The average Bonchev–Trinajstić information content (AvgIpc) is 2.94. The molecule has 2 aromatic rings. The van der Waals surface area contributed by atoms with E-state index in [1.165, 1.54) is 12.1 Å². The summed E-state index contributed by atoms with van der Waals surface area (Å²) in [5.74, 6) is 0.325. The standard InChI is InChI=1S/C19H24FN5O2/c1-4-15-17(12-5-7-13(20)8-6-12)18(25(3)23-15)22-19(27)21-14-9-10-16(26)24(2)11-14/h5-8,14H,4,9-11H2,1-3H3,(H2,21,22,27)/t14-/m1/s1. The van der Waals surface area contributed by atoms with Gasteiger partial charge in [0.25, 0.3) is 0 Å². The van der Waals surface area contributed by atoms with E-state index in [1.54, 1.807) is 35.8 Å². The molecule has 2 N–H and O–H groups in total. The first-order valence-corrected chi connectivity index (χ1v) is 9.02. The van der Waals surface area contributed by atoms with Crippen molar-refractivity contribution >= 4 is 17.8 Å². The molecule has 2 heterocycles. The van der Waals surface area contributed by atoms with Gasteiger partial charge in [0, 0.05) is 38.7 Å². The van der Waals surface area contributed by atoms with Crippen molar-refractivity contribution in [3.8, 4) is 11.1 Å². The Morgan fingerprint density at radius 1 is 1.30 bits per heavy atom. The smallest absolute Gasteiger partial charge is 0.320 e. The zero-order valence-electron chi connectivity index (χ0n) is 15.8. The Labute approximate surface area is 157 Å². The molecule has 0 saturated carbocycles. The predicted octanol–water partition coefficient (Wildman–Crippen LogP) is 2.53. The van der Waals surface area contributed by atoms with E-state index in [4.69, 9.17) is 0 Å². The van der Waals surface area contributed by atoms with Gasteiger partial charge in [0.1, 0.15) is 11.6 Å². The molecule has 0 bridgehead atoms. The van der Waals surface area contributed by atoms with Crippen molar-refractivity contribution in [1.82, 2.24) is 20.0 Å². The summed E-state index contributed by atoms with van der Waals surface area (Å²) >= 11 is 0. The van der Waals surface area contributed by atoms with Crippen LogP contribution in [0.4, 0.5) is 15.0 Å². The fourth-order valence-electron chi connectivity index (χ4n) is 3.35. The molecule has 1 aliphatic rings. The van der Waals surface area contributed by atoms with E-state index in [9.17, 15) is 14.0 Å². The highest BCUT2D eigenvalue weighted by atomic mass is 19.1. The van der Waals surface area contributed by atoms with Crippen molar-refractivity contribution in [3.63, 3.8) is 0 Å². The van der Waals surface area contributed by atoms with Crippen molar-refractivity contribution < 1.29 is 14.0 Å². The van der Waals surface area contributed by atoms with Crippen LogP contribution < -0.4 is 10.6 Å². The zero-order valence-corrected chi connectivity index (χ0v) is 15.8. The molecule has 8 heteroatoms. The molecule has 1 fully saturated rings. The number of urea groups is 1. The predicted molar refractivity (Wildman–Crippen MR) is 101 cm³/mol. The Kier molecular flexibility index (Phi) is 5.43. The SMILES string of the molecule is CCc1nn(C)c(NC(=O)N[C@@H]2CCC(=O)N(C)C2)c1-c1ccc(F)cc1. The van der Waals surface area contributed by atoms with Gasteiger partial charge < -0.3 is 10.2 Å². The molecule has 0 aliphatic carbocycles. The number of hydrogen-bond acceptors (Lipinski definition) is 3. The van der Waals surface area contributed by atoms with Crippen LogP contribution in [0.2, 0.25) is 0 Å². The minimum Gasteiger partial charge on any atom is -0.344 e. The molecular formula is C19H24FN5O2. The highest BCUT2D eigenvalue weighted by Gasteiger charge is 2.25. The number of amides is 3. The molecule has 1 atom stereocenters. The number of piperidine rings is 1. The molecule has 1 aromatic heterocycles. The molecule has 1 saturated heterocycles. The molecular weight excluding hydrogens is 349 g/mol. The number of rotatable bonds is 4. The first-order valence-electron chi connectivity index (χ1n) is 9.02. The number of benzene rings is 1. The molecule has 3 rings (SSSR count). The second-order valence-electron chi connectivity index (χ2n) is 6.76. The fraction of sp³-hybridized carbons (Fsp3) is 0.421. The molecule has 3 amide bonds. The topological polar surface area (TPSA) is 79.3 Å². The maximum Gasteiger partial charge on any atom is 0.320 e.